The molecule has 0 fully saturated rings. The summed E-state index contributed by atoms with van der Waals surface area (Å²) in [7, 11) is 0. The second-order valence-electron chi connectivity index (χ2n) is 2.92. The molecule has 1 nitrogen and oxygen atoms in total. The SMILES string of the molecule is CC(F)(F)CC(O)c1sccc1Br. The second-order valence-corrected chi connectivity index (χ2v) is 4.72. The molecule has 0 aliphatic rings. The summed E-state index contributed by atoms with van der Waals surface area (Å²) in [5.41, 5.74) is 0. The van der Waals surface area contributed by atoms with E-state index >= 15 is 0 Å². The molecule has 1 aromatic heterocycles. The van der Waals surface area contributed by atoms with Gasteiger partial charge in [-0.25, -0.2) is 8.78 Å². The van der Waals surface area contributed by atoms with Crippen molar-refractivity contribution < 1.29 is 13.9 Å². The van der Waals surface area contributed by atoms with Crippen LogP contribution in [0.2, 0.25) is 0 Å². The third-order valence-electron chi connectivity index (χ3n) is 1.50. The first-order valence-corrected chi connectivity index (χ1v) is 5.36. The lowest BCUT2D eigenvalue weighted by atomic mass is 10.1. The largest absolute Gasteiger partial charge is 0.387 e. The lowest BCUT2D eigenvalue weighted by Crippen LogP contribution is -2.14. The van der Waals surface area contributed by atoms with Crippen LogP contribution >= 0.6 is 27.3 Å². The van der Waals surface area contributed by atoms with Gasteiger partial charge in [0.2, 0.25) is 5.92 Å². The van der Waals surface area contributed by atoms with Gasteiger partial charge in [0.05, 0.1) is 6.10 Å². The minimum Gasteiger partial charge on any atom is -0.387 e. The maximum absolute atomic E-state index is 12.5. The molecule has 1 heterocycles. The zero-order valence-electron chi connectivity index (χ0n) is 6.93. The van der Waals surface area contributed by atoms with Gasteiger partial charge in [-0.3, -0.25) is 0 Å². The first-order valence-electron chi connectivity index (χ1n) is 3.69. The highest BCUT2D eigenvalue weighted by molar-refractivity contribution is 9.10. The smallest absolute Gasteiger partial charge is 0.248 e. The first kappa shape index (κ1) is 11.1. The van der Waals surface area contributed by atoms with Crippen LogP contribution in [0.4, 0.5) is 8.78 Å². The molecule has 0 aromatic carbocycles. The van der Waals surface area contributed by atoms with Gasteiger partial charge in [-0.05, 0) is 34.3 Å². The minimum atomic E-state index is -2.83. The molecule has 1 aromatic rings. The fourth-order valence-corrected chi connectivity index (χ4v) is 2.60. The van der Waals surface area contributed by atoms with Crippen LogP contribution in [-0.2, 0) is 0 Å². The molecule has 5 heteroatoms. The van der Waals surface area contributed by atoms with Gasteiger partial charge in [-0.15, -0.1) is 11.3 Å². The Kier molecular flexibility index (Phi) is 3.43. The number of hydrogen-bond acceptors (Lipinski definition) is 2. The minimum absolute atomic E-state index is 0.536. The van der Waals surface area contributed by atoms with Crippen molar-refractivity contribution in [1.82, 2.24) is 0 Å². The molecular formula is C8H9BrF2OS. The maximum atomic E-state index is 12.5. The van der Waals surface area contributed by atoms with Gasteiger partial charge in [0.15, 0.2) is 0 Å². The topological polar surface area (TPSA) is 20.2 Å². The molecule has 0 bridgehead atoms. The highest BCUT2D eigenvalue weighted by Gasteiger charge is 2.27. The Morgan fingerprint density at radius 3 is 2.69 bits per heavy atom. The summed E-state index contributed by atoms with van der Waals surface area (Å²) < 4.78 is 25.7. The van der Waals surface area contributed by atoms with Crippen molar-refractivity contribution in [2.75, 3.05) is 0 Å². The van der Waals surface area contributed by atoms with Crippen LogP contribution in [0.15, 0.2) is 15.9 Å². The van der Waals surface area contributed by atoms with Crippen LogP contribution < -0.4 is 0 Å². The van der Waals surface area contributed by atoms with Crippen LogP contribution in [0.5, 0.6) is 0 Å². The molecular weight excluding hydrogens is 262 g/mol. The lowest BCUT2D eigenvalue weighted by Gasteiger charge is -2.14. The van der Waals surface area contributed by atoms with Crippen molar-refractivity contribution in [2.24, 2.45) is 0 Å². The summed E-state index contributed by atoms with van der Waals surface area (Å²) in [5, 5.41) is 11.2. The van der Waals surface area contributed by atoms with Crippen LogP contribution in [-0.4, -0.2) is 11.0 Å². The summed E-state index contributed by atoms with van der Waals surface area (Å²) in [6, 6.07) is 1.73. The van der Waals surface area contributed by atoms with E-state index in [0.29, 0.717) is 9.35 Å². The highest BCUT2D eigenvalue weighted by Crippen LogP contribution is 2.34. The number of aliphatic hydroxyl groups excluding tert-OH is 1. The maximum Gasteiger partial charge on any atom is 0.248 e. The van der Waals surface area contributed by atoms with Gasteiger partial charge in [0.1, 0.15) is 0 Å². The van der Waals surface area contributed by atoms with E-state index in [1.807, 2.05) is 0 Å². The number of halogens is 3. The van der Waals surface area contributed by atoms with Crippen molar-refractivity contribution in [3.05, 3.63) is 20.8 Å². The molecule has 0 radical (unpaired) electrons. The number of thiophene rings is 1. The summed E-state index contributed by atoms with van der Waals surface area (Å²) >= 11 is 4.45. The normalized spacial score (nSPS) is 14.5. The Morgan fingerprint density at radius 1 is 1.69 bits per heavy atom. The molecule has 0 aliphatic carbocycles. The molecule has 1 rings (SSSR count). The fourth-order valence-electron chi connectivity index (χ4n) is 0.975. The number of alkyl halides is 2. The number of hydrogen-bond donors (Lipinski definition) is 1. The third kappa shape index (κ3) is 3.32. The Morgan fingerprint density at radius 2 is 2.31 bits per heavy atom. The van der Waals surface area contributed by atoms with E-state index in [0.717, 1.165) is 6.92 Å². The van der Waals surface area contributed by atoms with E-state index in [1.165, 1.54) is 11.3 Å². The summed E-state index contributed by atoms with van der Waals surface area (Å²) in [6.45, 7) is 0.803. The zero-order valence-corrected chi connectivity index (χ0v) is 9.33. The van der Waals surface area contributed by atoms with Crippen molar-refractivity contribution in [3.8, 4) is 0 Å². The van der Waals surface area contributed by atoms with Crippen molar-refractivity contribution >= 4 is 27.3 Å². The highest BCUT2D eigenvalue weighted by atomic mass is 79.9. The van der Waals surface area contributed by atoms with E-state index in [4.69, 9.17) is 0 Å². The van der Waals surface area contributed by atoms with Crippen molar-refractivity contribution in [2.45, 2.75) is 25.4 Å². The predicted octanol–water partition coefficient (Wildman–Crippen LogP) is 3.59. The van der Waals surface area contributed by atoms with E-state index in [2.05, 4.69) is 15.9 Å². The molecule has 0 amide bonds. The standard InChI is InChI=1S/C8H9BrF2OS/c1-8(10,11)4-6(12)7-5(9)2-3-13-7/h2-3,6,12H,4H2,1H3. The van der Waals surface area contributed by atoms with Crippen LogP contribution in [0.25, 0.3) is 0 Å². The van der Waals surface area contributed by atoms with E-state index < -0.39 is 18.4 Å². The second kappa shape index (κ2) is 4.02. The van der Waals surface area contributed by atoms with Crippen LogP contribution in [0, 0.1) is 0 Å². The first-order chi connectivity index (χ1) is 5.90. The van der Waals surface area contributed by atoms with Gasteiger partial charge >= 0.3 is 0 Å². The third-order valence-corrected chi connectivity index (χ3v) is 3.47. The lowest BCUT2D eigenvalue weighted by molar-refractivity contribution is -0.0277. The van der Waals surface area contributed by atoms with Crippen molar-refractivity contribution in [1.29, 1.82) is 0 Å². The van der Waals surface area contributed by atoms with Gasteiger partial charge < -0.3 is 5.11 Å². The van der Waals surface area contributed by atoms with Crippen LogP contribution in [0.3, 0.4) is 0 Å². The number of aliphatic hydroxyl groups is 1. The van der Waals surface area contributed by atoms with Crippen molar-refractivity contribution in [3.63, 3.8) is 0 Å². The zero-order chi connectivity index (χ0) is 10.1. The van der Waals surface area contributed by atoms with Gasteiger partial charge in [-0.2, -0.15) is 0 Å². The van der Waals surface area contributed by atoms with Gasteiger partial charge in [-0.1, -0.05) is 0 Å². The predicted molar refractivity (Wildman–Crippen MR) is 52.2 cm³/mol. The van der Waals surface area contributed by atoms with Crippen LogP contribution in [0.1, 0.15) is 24.3 Å². The Hall–Kier alpha value is -0.000000000000000111. The molecule has 0 saturated carbocycles. The molecule has 1 atom stereocenters. The molecule has 13 heavy (non-hydrogen) atoms. The van der Waals surface area contributed by atoms with E-state index in [-0.39, 0.29) is 0 Å². The van der Waals surface area contributed by atoms with Gasteiger partial charge in [0, 0.05) is 15.8 Å². The fraction of sp³-hybridized carbons (Fsp3) is 0.500. The molecule has 0 saturated heterocycles. The Balaban J connectivity index is 2.69. The summed E-state index contributed by atoms with van der Waals surface area (Å²) in [6.07, 6.45) is -1.62. The Labute approximate surface area is 87.5 Å². The molecule has 1 N–H and O–H groups in total. The average molecular weight is 271 g/mol. The van der Waals surface area contributed by atoms with E-state index in [9.17, 15) is 13.9 Å². The van der Waals surface area contributed by atoms with Gasteiger partial charge in [0.25, 0.3) is 0 Å². The summed E-state index contributed by atoms with van der Waals surface area (Å²) in [5.74, 6) is -2.83. The molecule has 74 valence electrons. The molecule has 1 unspecified atom stereocenters. The quantitative estimate of drug-likeness (QED) is 0.890. The Bertz CT molecular complexity index is 282. The summed E-state index contributed by atoms with van der Waals surface area (Å²) in [4.78, 5) is 0.557. The average Bonchev–Trinajstić information content (AvgIpc) is 2.30. The molecule has 0 spiro atoms. The van der Waals surface area contributed by atoms with E-state index in [1.54, 1.807) is 11.4 Å². The monoisotopic (exact) mass is 270 g/mol. The number of rotatable bonds is 3. The molecule has 0 aliphatic heterocycles.